The van der Waals surface area contributed by atoms with Gasteiger partial charge in [-0.3, -0.25) is 4.98 Å². The summed E-state index contributed by atoms with van der Waals surface area (Å²) in [6.07, 6.45) is 4.79. The van der Waals surface area contributed by atoms with Crippen molar-refractivity contribution in [2.45, 2.75) is 13.0 Å². The molecule has 0 amide bonds. The summed E-state index contributed by atoms with van der Waals surface area (Å²) in [5, 5.41) is 0. The van der Waals surface area contributed by atoms with Crippen LogP contribution in [0.4, 0.5) is 5.69 Å². The van der Waals surface area contributed by atoms with Crippen LogP contribution in [0.2, 0.25) is 0 Å². The zero-order chi connectivity index (χ0) is 12.5. The zero-order valence-electron chi connectivity index (χ0n) is 10.6. The highest BCUT2D eigenvalue weighted by atomic mass is 15.1. The van der Waals surface area contributed by atoms with E-state index in [1.807, 2.05) is 12.3 Å². The van der Waals surface area contributed by atoms with E-state index >= 15 is 0 Å². The number of likely N-dealkylation sites (N-methyl/N-ethyl adjacent to an activating group) is 1. The van der Waals surface area contributed by atoms with E-state index in [1.54, 1.807) is 6.20 Å². The molecule has 0 radical (unpaired) electrons. The number of aromatic nitrogens is 1. The largest absolute Gasteiger partial charge is 0.399 e. The molecule has 3 rings (SSSR count). The molecule has 0 bridgehead atoms. The summed E-state index contributed by atoms with van der Waals surface area (Å²) in [6, 6.07) is 8.24. The normalized spacial score (nSPS) is 15.4. The number of pyridine rings is 1. The van der Waals surface area contributed by atoms with E-state index in [0.717, 1.165) is 30.8 Å². The van der Waals surface area contributed by atoms with Crippen LogP contribution < -0.4 is 5.73 Å². The highest BCUT2D eigenvalue weighted by Gasteiger charge is 2.17. The summed E-state index contributed by atoms with van der Waals surface area (Å²) in [4.78, 5) is 6.53. The minimum Gasteiger partial charge on any atom is -0.399 e. The van der Waals surface area contributed by atoms with Gasteiger partial charge in [0.15, 0.2) is 0 Å². The van der Waals surface area contributed by atoms with Gasteiger partial charge in [-0.15, -0.1) is 0 Å². The van der Waals surface area contributed by atoms with Crippen LogP contribution in [0.1, 0.15) is 11.1 Å². The summed E-state index contributed by atoms with van der Waals surface area (Å²) in [5.74, 6) is 0. The number of hydrogen-bond donors (Lipinski definition) is 1. The summed E-state index contributed by atoms with van der Waals surface area (Å²) >= 11 is 0. The molecule has 0 saturated heterocycles. The van der Waals surface area contributed by atoms with Crippen molar-refractivity contribution >= 4 is 5.69 Å². The minimum atomic E-state index is 0.836. The summed E-state index contributed by atoms with van der Waals surface area (Å²) in [6.45, 7) is 2.08. The molecule has 0 spiro atoms. The molecule has 1 aliphatic heterocycles. The van der Waals surface area contributed by atoms with E-state index in [0.29, 0.717) is 0 Å². The first kappa shape index (κ1) is 11.2. The van der Waals surface area contributed by atoms with Gasteiger partial charge in [-0.05, 0) is 48.4 Å². The van der Waals surface area contributed by atoms with Crippen molar-refractivity contribution < 1.29 is 0 Å². The molecule has 2 aromatic rings. The van der Waals surface area contributed by atoms with Gasteiger partial charge >= 0.3 is 0 Å². The lowest BCUT2D eigenvalue weighted by Gasteiger charge is -2.27. The molecule has 0 fully saturated rings. The van der Waals surface area contributed by atoms with Crippen LogP contribution in [0.15, 0.2) is 36.7 Å². The maximum absolute atomic E-state index is 6.03. The van der Waals surface area contributed by atoms with Gasteiger partial charge in [-0.2, -0.15) is 0 Å². The zero-order valence-corrected chi connectivity index (χ0v) is 10.6. The van der Waals surface area contributed by atoms with Crippen molar-refractivity contribution in [2.24, 2.45) is 0 Å². The Labute approximate surface area is 107 Å². The van der Waals surface area contributed by atoms with E-state index < -0.39 is 0 Å². The van der Waals surface area contributed by atoms with Gasteiger partial charge in [0, 0.05) is 36.7 Å². The second-order valence-electron chi connectivity index (χ2n) is 4.94. The number of nitrogens with zero attached hydrogens (tertiary/aromatic N) is 2. The Kier molecular flexibility index (Phi) is 2.76. The maximum Gasteiger partial charge on any atom is 0.0346 e. The quantitative estimate of drug-likeness (QED) is 0.777. The van der Waals surface area contributed by atoms with Crippen molar-refractivity contribution in [3.05, 3.63) is 47.8 Å². The lowest BCUT2D eigenvalue weighted by atomic mass is 9.91. The second kappa shape index (κ2) is 4.42. The van der Waals surface area contributed by atoms with E-state index in [1.165, 1.54) is 16.7 Å². The minimum absolute atomic E-state index is 0.836. The molecule has 1 aromatic heterocycles. The lowest BCUT2D eigenvalue weighted by Crippen LogP contribution is -2.27. The lowest BCUT2D eigenvalue weighted by molar-refractivity contribution is 0.313. The SMILES string of the molecule is CN1CCc2c(cc(N)cc2-c2cccnc2)C1. The number of nitrogen functional groups attached to an aromatic ring is 1. The first-order valence-corrected chi connectivity index (χ1v) is 6.24. The van der Waals surface area contributed by atoms with Gasteiger partial charge in [0.1, 0.15) is 0 Å². The molecular weight excluding hydrogens is 222 g/mol. The topological polar surface area (TPSA) is 42.1 Å². The highest BCUT2D eigenvalue weighted by Crippen LogP contribution is 2.31. The maximum atomic E-state index is 6.03. The molecule has 0 aliphatic carbocycles. The fourth-order valence-corrected chi connectivity index (χ4v) is 2.65. The number of rotatable bonds is 1. The molecule has 3 heteroatoms. The van der Waals surface area contributed by atoms with Crippen LogP contribution >= 0.6 is 0 Å². The Hall–Kier alpha value is -1.87. The number of hydrogen-bond acceptors (Lipinski definition) is 3. The third-order valence-corrected chi connectivity index (χ3v) is 3.52. The second-order valence-corrected chi connectivity index (χ2v) is 4.94. The highest BCUT2D eigenvalue weighted by molar-refractivity contribution is 5.72. The third-order valence-electron chi connectivity index (χ3n) is 3.52. The number of anilines is 1. The van der Waals surface area contributed by atoms with E-state index in [-0.39, 0.29) is 0 Å². The Balaban J connectivity index is 2.15. The molecule has 92 valence electrons. The molecule has 0 unspecified atom stereocenters. The predicted octanol–water partition coefficient (Wildman–Crippen LogP) is 2.32. The van der Waals surface area contributed by atoms with Gasteiger partial charge in [0.05, 0.1) is 0 Å². The van der Waals surface area contributed by atoms with Crippen LogP contribution in [0.3, 0.4) is 0 Å². The van der Waals surface area contributed by atoms with Crippen molar-refractivity contribution in [1.29, 1.82) is 0 Å². The average Bonchev–Trinajstić information content (AvgIpc) is 2.38. The van der Waals surface area contributed by atoms with Crippen LogP contribution in [-0.2, 0) is 13.0 Å². The average molecular weight is 239 g/mol. The monoisotopic (exact) mass is 239 g/mol. The first-order chi connectivity index (χ1) is 8.74. The van der Waals surface area contributed by atoms with E-state index in [4.69, 9.17) is 5.73 Å². The standard InChI is InChI=1S/C15H17N3/c1-18-6-4-14-12(10-18)7-13(16)8-15(14)11-3-2-5-17-9-11/h2-3,5,7-9H,4,6,10,16H2,1H3. The van der Waals surface area contributed by atoms with E-state index in [2.05, 4.69) is 35.1 Å². The molecule has 0 atom stereocenters. The third kappa shape index (κ3) is 1.97. The Morgan fingerprint density at radius 2 is 2.22 bits per heavy atom. The van der Waals surface area contributed by atoms with Crippen LogP contribution in [0.25, 0.3) is 11.1 Å². The van der Waals surface area contributed by atoms with E-state index in [9.17, 15) is 0 Å². The van der Waals surface area contributed by atoms with Crippen molar-refractivity contribution in [3.63, 3.8) is 0 Å². The van der Waals surface area contributed by atoms with Crippen LogP contribution in [0.5, 0.6) is 0 Å². The molecule has 2 heterocycles. The van der Waals surface area contributed by atoms with Gasteiger partial charge in [-0.1, -0.05) is 6.07 Å². The summed E-state index contributed by atoms with van der Waals surface area (Å²) in [7, 11) is 2.15. The number of nitrogens with two attached hydrogens (primary N) is 1. The molecule has 2 N–H and O–H groups in total. The van der Waals surface area contributed by atoms with Gasteiger partial charge in [0.25, 0.3) is 0 Å². The molecule has 1 aromatic carbocycles. The number of benzene rings is 1. The molecular formula is C15H17N3. The van der Waals surface area contributed by atoms with Crippen molar-refractivity contribution in [2.75, 3.05) is 19.3 Å². The fraction of sp³-hybridized carbons (Fsp3) is 0.267. The van der Waals surface area contributed by atoms with Gasteiger partial charge < -0.3 is 10.6 Å². The number of fused-ring (bicyclic) bond motifs is 1. The molecule has 3 nitrogen and oxygen atoms in total. The summed E-state index contributed by atoms with van der Waals surface area (Å²) in [5.41, 5.74) is 12.0. The molecule has 18 heavy (non-hydrogen) atoms. The molecule has 0 saturated carbocycles. The smallest absolute Gasteiger partial charge is 0.0346 e. The van der Waals surface area contributed by atoms with Gasteiger partial charge in [0.2, 0.25) is 0 Å². The summed E-state index contributed by atoms with van der Waals surface area (Å²) < 4.78 is 0. The van der Waals surface area contributed by atoms with Crippen LogP contribution in [0, 0.1) is 0 Å². The fourth-order valence-electron chi connectivity index (χ4n) is 2.65. The Bertz CT molecular complexity index is 563. The first-order valence-electron chi connectivity index (χ1n) is 6.24. The molecule has 1 aliphatic rings. The van der Waals surface area contributed by atoms with Gasteiger partial charge in [-0.25, -0.2) is 0 Å². The van der Waals surface area contributed by atoms with Crippen molar-refractivity contribution in [1.82, 2.24) is 9.88 Å². The van der Waals surface area contributed by atoms with Crippen molar-refractivity contribution in [3.8, 4) is 11.1 Å². The van der Waals surface area contributed by atoms with Crippen LogP contribution in [-0.4, -0.2) is 23.5 Å². The predicted molar refractivity (Wildman–Crippen MR) is 74.1 cm³/mol. The Morgan fingerprint density at radius 3 is 3.00 bits per heavy atom. The Morgan fingerprint density at radius 1 is 1.33 bits per heavy atom.